The van der Waals surface area contributed by atoms with Gasteiger partial charge in [0.25, 0.3) is 0 Å². The maximum atomic E-state index is 12.0. The molecule has 2 amide bonds. The number of rotatable bonds is 4. The van der Waals surface area contributed by atoms with Crippen LogP contribution in [0.4, 0.5) is 9.59 Å². The molecule has 11 heteroatoms. The minimum atomic E-state index is -0.803. The number of carbonyl (C=O) groups is 3. The van der Waals surface area contributed by atoms with E-state index >= 15 is 0 Å². The van der Waals surface area contributed by atoms with Gasteiger partial charge in [0.2, 0.25) is 0 Å². The van der Waals surface area contributed by atoms with Crippen LogP contribution in [-0.2, 0) is 32.2 Å². The number of carbonyl (C=O) groups excluding carboxylic acids is 3. The average molecular weight is 702 g/mol. The summed E-state index contributed by atoms with van der Waals surface area (Å²) in [5.74, 6) is 0.115. The number of halogens is 1. The van der Waals surface area contributed by atoms with Crippen molar-refractivity contribution >= 4 is 41.0 Å². The van der Waals surface area contributed by atoms with Crippen molar-refractivity contribution in [3.05, 3.63) is 79.2 Å². The predicted octanol–water partition coefficient (Wildman–Crippen LogP) is 2.81. The Labute approximate surface area is 295 Å². The molecule has 2 aromatic carbocycles. The van der Waals surface area contributed by atoms with E-state index in [2.05, 4.69) is 0 Å². The topological polar surface area (TPSA) is 106 Å². The third kappa shape index (κ3) is 17.9. The van der Waals surface area contributed by atoms with Gasteiger partial charge in [0.05, 0.1) is 18.7 Å². The smallest absolute Gasteiger partial charge is 1.00 e. The molecule has 246 valence electrons. The van der Waals surface area contributed by atoms with Crippen molar-refractivity contribution in [2.75, 3.05) is 39.4 Å². The molecule has 45 heavy (non-hydrogen) atoms. The Bertz CT molecular complexity index is 1080. The van der Waals surface area contributed by atoms with Crippen LogP contribution in [-0.4, -0.2) is 101 Å². The Balaban J connectivity index is 0.000000703. The van der Waals surface area contributed by atoms with E-state index in [0.29, 0.717) is 26.1 Å². The first-order valence-corrected chi connectivity index (χ1v) is 15.1. The van der Waals surface area contributed by atoms with Crippen molar-refractivity contribution in [3.8, 4) is 0 Å². The van der Waals surface area contributed by atoms with E-state index in [4.69, 9.17) is 14.2 Å². The predicted molar refractivity (Wildman–Crippen MR) is 172 cm³/mol. The largest absolute Gasteiger partial charge is 2.00 e. The molecule has 1 unspecified atom stereocenters. The first-order chi connectivity index (χ1) is 20.3. The fraction of sp³-hybridized carbons (Fsp3) is 0.529. The molecule has 3 aliphatic rings. The molecule has 3 saturated heterocycles. The van der Waals surface area contributed by atoms with Gasteiger partial charge in [-0.3, -0.25) is 4.79 Å². The summed E-state index contributed by atoms with van der Waals surface area (Å²) in [6.45, 7) is 6.11. The van der Waals surface area contributed by atoms with Crippen molar-refractivity contribution in [2.24, 2.45) is 0 Å². The van der Waals surface area contributed by atoms with Crippen LogP contribution in [0.2, 0.25) is 0 Å². The van der Waals surface area contributed by atoms with Crippen molar-refractivity contribution in [2.45, 2.75) is 77.1 Å². The number of Topliss-reactive ketones (excluding diaryl/α,β-unsaturated/α-hetero) is 1. The molecular formula is C34H49BrMgN2O7. The van der Waals surface area contributed by atoms with E-state index in [0.717, 1.165) is 56.4 Å². The molecule has 0 aliphatic carbocycles. The van der Waals surface area contributed by atoms with Crippen LogP contribution in [0, 0.1) is 7.43 Å². The van der Waals surface area contributed by atoms with Crippen molar-refractivity contribution in [3.63, 3.8) is 0 Å². The maximum Gasteiger partial charge on any atom is 2.00 e. The molecule has 2 aromatic rings. The molecule has 1 atom stereocenters. The Morgan fingerprint density at radius 2 is 1.29 bits per heavy atom. The van der Waals surface area contributed by atoms with Gasteiger partial charge < -0.3 is 53.5 Å². The molecule has 1 N–H and O–H groups in total. The first kappa shape index (κ1) is 42.8. The van der Waals surface area contributed by atoms with E-state index in [1.807, 2.05) is 60.7 Å². The minimum Gasteiger partial charge on any atom is -1.00 e. The van der Waals surface area contributed by atoms with Crippen LogP contribution in [0.5, 0.6) is 0 Å². The molecule has 5 rings (SSSR count). The van der Waals surface area contributed by atoms with Gasteiger partial charge in [-0.2, -0.15) is 0 Å². The SMILES string of the molecule is C1CCOC1.CC1(O)CCCCN(C(=O)OCc2ccccc2)C1.O=C1CCCCN(C(=O)OCc2ccccc2)C1.[Br-].[CH3-].[Mg+2]. The van der Waals surface area contributed by atoms with Crippen molar-refractivity contribution in [1.82, 2.24) is 9.80 Å². The fourth-order valence-corrected chi connectivity index (χ4v) is 4.82. The van der Waals surface area contributed by atoms with E-state index in [-0.39, 0.29) is 79.1 Å². The summed E-state index contributed by atoms with van der Waals surface area (Å²) in [7, 11) is 0. The molecule has 3 aliphatic heterocycles. The number of likely N-dealkylation sites (tertiary alicyclic amines) is 2. The molecule has 0 saturated carbocycles. The zero-order valence-electron chi connectivity index (χ0n) is 27.0. The van der Waals surface area contributed by atoms with Gasteiger partial charge >= 0.3 is 35.2 Å². The summed E-state index contributed by atoms with van der Waals surface area (Å²) >= 11 is 0. The third-order valence-corrected chi connectivity index (χ3v) is 7.18. The number of aliphatic hydroxyl groups is 1. The van der Waals surface area contributed by atoms with Gasteiger partial charge in [-0.15, -0.1) is 0 Å². The van der Waals surface area contributed by atoms with Gasteiger partial charge in [-0.05, 0) is 63.0 Å². The van der Waals surface area contributed by atoms with Crippen molar-refractivity contribution < 1.29 is 50.7 Å². The Morgan fingerprint density at radius 1 is 0.800 bits per heavy atom. The summed E-state index contributed by atoms with van der Waals surface area (Å²) in [6, 6.07) is 19.1. The minimum absolute atomic E-state index is 0. The van der Waals surface area contributed by atoms with Gasteiger partial charge in [0, 0.05) is 32.7 Å². The molecule has 3 heterocycles. The summed E-state index contributed by atoms with van der Waals surface area (Å²) in [4.78, 5) is 38.4. The number of ketones is 1. The molecule has 0 bridgehead atoms. The first-order valence-electron chi connectivity index (χ1n) is 15.1. The molecule has 0 radical (unpaired) electrons. The van der Waals surface area contributed by atoms with Gasteiger partial charge in [0.1, 0.15) is 13.2 Å². The number of β-amino-alcohol motifs (C(OH)–C–C–N with tert-alkyl or cyclic N) is 1. The monoisotopic (exact) mass is 700 g/mol. The molecular weight excluding hydrogens is 653 g/mol. The maximum absolute atomic E-state index is 12.0. The zero-order chi connectivity index (χ0) is 30.0. The van der Waals surface area contributed by atoms with Crippen molar-refractivity contribution in [1.29, 1.82) is 0 Å². The summed E-state index contributed by atoms with van der Waals surface area (Å²) in [6.07, 6.45) is 6.71. The Morgan fingerprint density at radius 3 is 1.80 bits per heavy atom. The Hall–Kier alpha value is -2.18. The number of nitrogens with zero attached hydrogens (tertiary/aromatic N) is 2. The van der Waals surface area contributed by atoms with Gasteiger partial charge in [-0.1, -0.05) is 60.7 Å². The molecule has 0 spiro atoms. The second-order valence-corrected chi connectivity index (χ2v) is 11.2. The van der Waals surface area contributed by atoms with Gasteiger partial charge in [0.15, 0.2) is 5.78 Å². The summed E-state index contributed by atoms with van der Waals surface area (Å²) in [5, 5.41) is 10.1. The van der Waals surface area contributed by atoms with E-state index in [1.54, 1.807) is 11.8 Å². The molecule has 3 fully saturated rings. The number of benzene rings is 2. The van der Waals surface area contributed by atoms with Crippen LogP contribution in [0.1, 0.15) is 69.4 Å². The Kier molecular flexibility index (Phi) is 22.9. The molecule has 0 aromatic heterocycles. The summed E-state index contributed by atoms with van der Waals surface area (Å²) < 4.78 is 15.4. The zero-order valence-corrected chi connectivity index (χ0v) is 30.0. The van der Waals surface area contributed by atoms with E-state index in [9.17, 15) is 19.5 Å². The number of amides is 2. The second kappa shape index (κ2) is 24.1. The average Bonchev–Trinajstić information content (AvgIpc) is 3.45. The second-order valence-electron chi connectivity index (χ2n) is 11.2. The standard InChI is InChI=1S/C15H21NO3.C14H17NO3.C4H8O.CH3.BrH.Mg/c1-15(18)9-5-6-10-16(12-15)14(17)19-11-13-7-3-2-4-8-13;16-13-8-4-5-9-15(10-13)14(17)18-11-12-6-2-1-3-7-12;1-2-4-5-3-1;;;/h2-4,7-8,18H,5-6,9-12H2,1H3;1-3,6-7H,4-5,8-11H2;1-4H2;1H3;1H;/q;;;-1;;+2/p-1. The van der Waals surface area contributed by atoms with Crippen LogP contribution in [0.25, 0.3) is 0 Å². The van der Waals surface area contributed by atoms with Crippen LogP contribution < -0.4 is 17.0 Å². The number of ether oxygens (including phenoxy) is 3. The molecule has 9 nitrogen and oxygen atoms in total. The summed E-state index contributed by atoms with van der Waals surface area (Å²) in [5.41, 5.74) is 1.12. The number of hydrogen-bond donors (Lipinski definition) is 1. The number of hydrogen-bond acceptors (Lipinski definition) is 7. The normalized spacial score (nSPS) is 19.2. The van der Waals surface area contributed by atoms with Gasteiger partial charge in [-0.25, -0.2) is 9.59 Å². The fourth-order valence-electron chi connectivity index (χ4n) is 4.82. The third-order valence-electron chi connectivity index (χ3n) is 7.18. The van der Waals surface area contributed by atoms with Crippen LogP contribution >= 0.6 is 0 Å². The van der Waals surface area contributed by atoms with E-state index < -0.39 is 11.7 Å². The van der Waals surface area contributed by atoms with E-state index in [1.165, 1.54) is 17.7 Å². The quantitative estimate of drug-likeness (QED) is 0.387. The van der Waals surface area contributed by atoms with Crippen LogP contribution in [0.3, 0.4) is 0 Å². The van der Waals surface area contributed by atoms with Crippen LogP contribution in [0.15, 0.2) is 60.7 Å².